The Bertz CT molecular complexity index is 712. The van der Waals surface area contributed by atoms with Gasteiger partial charge in [0.15, 0.2) is 0 Å². The SMILES string of the molecule is Cc1ccc(=O)n(CC(=O)Nc2cc(F)ccc2N)n1. The maximum absolute atomic E-state index is 13.1. The molecule has 0 spiro atoms. The van der Waals surface area contributed by atoms with Crippen molar-refractivity contribution in [2.75, 3.05) is 11.1 Å². The minimum Gasteiger partial charge on any atom is -0.397 e. The number of halogens is 1. The molecule has 0 fully saturated rings. The predicted molar refractivity (Wildman–Crippen MR) is 72.7 cm³/mol. The number of nitrogens with zero attached hydrogens (tertiary/aromatic N) is 2. The largest absolute Gasteiger partial charge is 0.397 e. The summed E-state index contributed by atoms with van der Waals surface area (Å²) >= 11 is 0. The summed E-state index contributed by atoms with van der Waals surface area (Å²) in [4.78, 5) is 23.3. The third-order valence-electron chi connectivity index (χ3n) is 2.58. The average Bonchev–Trinajstić information content (AvgIpc) is 2.38. The first-order valence-corrected chi connectivity index (χ1v) is 5.85. The van der Waals surface area contributed by atoms with Gasteiger partial charge in [-0.2, -0.15) is 5.10 Å². The number of anilines is 2. The number of benzene rings is 1. The van der Waals surface area contributed by atoms with Crippen molar-refractivity contribution >= 4 is 17.3 Å². The van der Waals surface area contributed by atoms with Gasteiger partial charge in [-0.25, -0.2) is 9.07 Å². The third-order valence-corrected chi connectivity index (χ3v) is 2.58. The first-order valence-electron chi connectivity index (χ1n) is 5.85. The molecule has 2 aromatic rings. The number of hydrogen-bond donors (Lipinski definition) is 2. The standard InChI is InChI=1S/C13H13FN4O2/c1-8-2-5-13(20)18(17-8)7-12(19)16-11-6-9(14)3-4-10(11)15/h2-6H,7,15H2,1H3,(H,16,19). The molecule has 6 nitrogen and oxygen atoms in total. The highest BCUT2D eigenvalue weighted by atomic mass is 19.1. The Labute approximate surface area is 114 Å². The number of hydrogen-bond acceptors (Lipinski definition) is 4. The molecule has 0 unspecified atom stereocenters. The average molecular weight is 276 g/mol. The van der Waals surface area contributed by atoms with E-state index in [1.165, 1.54) is 18.2 Å². The van der Waals surface area contributed by atoms with E-state index < -0.39 is 17.3 Å². The van der Waals surface area contributed by atoms with Crippen LogP contribution in [0.2, 0.25) is 0 Å². The van der Waals surface area contributed by atoms with Gasteiger partial charge < -0.3 is 11.1 Å². The first-order chi connectivity index (χ1) is 9.45. The first kappa shape index (κ1) is 13.7. The van der Waals surface area contributed by atoms with Gasteiger partial charge in [-0.05, 0) is 31.2 Å². The fraction of sp³-hybridized carbons (Fsp3) is 0.154. The minimum atomic E-state index is -0.514. The number of carbonyl (C=O) groups is 1. The van der Waals surface area contributed by atoms with E-state index in [4.69, 9.17) is 5.73 Å². The van der Waals surface area contributed by atoms with E-state index in [1.54, 1.807) is 13.0 Å². The van der Waals surface area contributed by atoms with E-state index in [9.17, 15) is 14.0 Å². The fourth-order valence-corrected chi connectivity index (χ4v) is 1.63. The number of aryl methyl sites for hydroxylation is 1. The fourth-order valence-electron chi connectivity index (χ4n) is 1.63. The minimum absolute atomic E-state index is 0.163. The zero-order valence-corrected chi connectivity index (χ0v) is 10.8. The Kier molecular flexibility index (Phi) is 3.79. The summed E-state index contributed by atoms with van der Waals surface area (Å²) in [7, 11) is 0. The topological polar surface area (TPSA) is 90.0 Å². The lowest BCUT2D eigenvalue weighted by molar-refractivity contribution is -0.117. The van der Waals surface area contributed by atoms with E-state index >= 15 is 0 Å². The van der Waals surface area contributed by atoms with Crippen LogP contribution >= 0.6 is 0 Å². The molecule has 3 N–H and O–H groups in total. The van der Waals surface area contributed by atoms with Crippen molar-refractivity contribution in [2.45, 2.75) is 13.5 Å². The summed E-state index contributed by atoms with van der Waals surface area (Å²) in [6.45, 7) is 1.44. The van der Waals surface area contributed by atoms with E-state index in [2.05, 4.69) is 10.4 Å². The van der Waals surface area contributed by atoms with Crippen molar-refractivity contribution in [1.29, 1.82) is 0 Å². The number of nitrogens with two attached hydrogens (primary N) is 1. The van der Waals surface area contributed by atoms with Gasteiger partial charge in [-0.15, -0.1) is 0 Å². The number of rotatable bonds is 3. The molecule has 20 heavy (non-hydrogen) atoms. The molecule has 0 aliphatic rings. The van der Waals surface area contributed by atoms with Gasteiger partial charge >= 0.3 is 0 Å². The Balaban J connectivity index is 2.15. The molecule has 0 saturated heterocycles. The quantitative estimate of drug-likeness (QED) is 0.815. The van der Waals surface area contributed by atoms with Gasteiger partial charge in [0.25, 0.3) is 5.56 Å². The van der Waals surface area contributed by atoms with Gasteiger partial charge in [0.1, 0.15) is 12.4 Å². The van der Waals surface area contributed by atoms with Crippen LogP contribution in [0.5, 0.6) is 0 Å². The second kappa shape index (κ2) is 5.52. The number of nitrogens with one attached hydrogen (secondary N) is 1. The molecular formula is C13H13FN4O2. The third kappa shape index (κ3) is 3.19. The maximum atomic E-state index is 13.1. The molecule has 1 amide bonds. The van der Waals surface area contributed by atoms with Crippen LogP contribution in [0.1, 0.15) is 5.69 Å². The van der Waals surface area contributed by atoms with Crippen LogP contribution < -0.4 is 16.6 Å². The van der Waals surface area contributed by atoms with Crippen LogP contribution in [-0.4, -0.2) is 15.7 Å². The highest BCUT2D eigenvalue weighted by Crippen LogP contribution is 2.18. The molecule has 0 saturated carbocycles. The Morgan fingerprint density at radius 1 is 1.40 bits per heavy atom. The zero-order valence-electron chi connectivity index (χ0n) is 10.8. The summed E-state index contributed by atoms with van der Waals surface area (Å²) in [5.74, 6) is -1.03. The number of nitrogen functional groups attached to an aromatic ring is 1. The Hall–Kier alpha value is -2.70. The van der Waals surface area contributed by atoms with Crippen LogP contribution in [0.25, 0.3) is 0 Å². The molecule has 104 valence electrons. The Morgan fingerprint density at radius 2 is 2.15 bits per heavy atom. The number of amides is 1. The van der Waals surface area contributed by atoms with Crippen LogP contribution in [-0.2, 0) is 11.3 Å². The van der Waals surface area contributed by atoms with Crippen molar-refractivity contribution in [3.8, 4) is 0 Å². The van der Waals surface area contributed by atoms with E-state index in [0.717, 1.165) is 10.7 Å². The van der Waals surface area contributed by atoms with Gasteiger partial charge in [0.05, 0.1) is 17.1 Å². The normalized spacial score (nSPS) is 10.3. The number of aromatic nitrogens is 2. The molecule has 7 heteroatoms. The smallest absolute Gasteiger partial charge is 0.267 e. The molecule has 0 radical (unpaired) electrons. The molecule has 0 bridgehead atoms. The summed E-state index contributed by atoms with van der Waals surface area (Å²) in [5.41, 5.74) is 6.25. The highest BCUT2D eigenvalue weighted by Gasteiger charge is 2.09. The molecule has 0 aliphatic heterocycles. The number of carbonyl (C=O) groups excluding carboxylic acids is 1. The lowest BCUT2D eigenvalue weighted by Crippen LogP contribution is -2.29. The van der Waals surface area contributed by atoms with Gasteiger partial charge in [-0.3, -0.25) is 9.59 Å². The predicted octanol–water partition coefficient (Wildman–Crippen LogP) is 0.912. The molecule has 0 atom stereocenters. The van der Waals surface area contributed by atoms with Gasteiger partial charge in [0, 0.05) is 6.07 Å². The van der Waals surface area contributed by atoms with E-state index in [1.807, 2.05) is 0 Å². The maximum Gasteiger partial charge on any atom is 0.267 e. The van der Waals surface area contributed by atoms with Crippen LogP contribution in [0.4, 0.5) is 15.8 Å². The van der Waals surface area contributed by atoms with Crippen molar-refractivity contribution in [3.63, 3.8) is 0 Å². The van der Waals surface area contributed by atoms with Crippen molar-refractivity contribution in [1.82, 2.24) is 9.78 Å². The van der Waals surface area contributed by atoms with Crippen LogP contribution in [0.3, 0.4) is 0 Å². The summed E-state index contributed by atoms with van der Waals surface area (Å²) < 4.78 is 14.1. The van der Waals surface area contributed by atoms with E-state index in [0.29, 0.717) is 5.69 Å². The monoisotopic (exact) mass is 276 g/mol. The van der Waals surface area contributed by atoms with Crippen molar-refractivity contribution in [3.05, 3.63) is 52.2 Å². The summed E-state index contributed by atoms with van der Waals surface area (Å²) in [5, 5.41) is 6.37. The van der Waals surface area contributed by atoms with Gasteiger partial charge in [-0.1, -0.05) is 0 Å². The lowest BCUT2D eigenvalue weighted by Gasteiger charge is -2.09. The van der Waals surface area contributed by atoms with Crippen molar-refractivity contribution in [2.24, 2.45) is 0 Å². The van der Waals surface area contributed by atoms with Crippen LogP contribution in [0.15, 0.2) is 35.1 Å². The highest BCUT2D eigenvalue weighted by molar-refractivity contribution is 5.93. The Morgan fingerprint density at radius 3 is 2.90 bits per heavy atom. The molecule has 1 aromatic heterocycles. The van der Waals surface area contributed by atoms with Crippen LogP contribution in [0, 0.1) is 12.7 Å². The van der Waals surface area contributed by atoms with Gasteiger partial charge in [0.2, 0.25) is 5.91 Å². The molecule has 1 aromatic carbocycles. The molecule has 0 aliphatic carbocycles. The summed E-state index contributed by atoms with van der Waals surface area (Å²) in [6.07, 6.45) is 0. The molecule has 2 rings (SSSR count). The molecule has 1 heterocycles. The zero-order chi connectivity index (χ0) is 14.7. The summed E-state index contributed by atoms with van der Waals surface area (Å²) in [6, 6.07) is 6.53. The lowest BCUT2D eigenvalue weighted by atomic mass is 10.2. The molecular weight excluding hydrogens is 263 g/mol. The van der Waals surface area contributed by atoms with E-state index in [-0.39, 0.29) is 17.9 Å². The second-order valence-electron chi connectivity index (χ2n) is 4.25. The second-order valence-corrected chi connectivity index (χ2v) is 4.25. The van der Waals surface area contributed by atoms with Crippen molar-refractivity contribution < 1.29 is 9.18 Å².